The first-order valence-electron chi connectivity index (χ1n) is 10.4. The lowest BCUT2D eigenvalue weighted by Crippen LogP contribution is -2.55. The molecule has 0 saturated carbocycles. The molecule has 2 saturated heterocycles. The second kappa shape index (κ2) is 9.29. The molecule has 7 nitrogen and oxygen atoms in total. The van der Waals surface area contributed by atoms with Crippen molar-refractivity contribution in [2.24, 2.45) is 5.41 Å². The summed E-state index contributed by atoms with van der Waals surface area (Å²) in [5.41, 5.74) is 1.34. The molecule has 3 rings (SSSR count). The molecular formula is C22H31N3O4. The summed E-state index contributed by atoms with van der Waals surface area (Å²) in [5, 5.41) is 2.54. The average molecular weight is 402 g/mol. The van der Waals surface area contributed by atoms with Crippen molar-refractivity contribution in [3.8, 4) is 0 Å². The quantitative estimate of drug-likeness (QED) is 0.820. The summed E-state index contributed by atoms with van der Waals surface area (Å²) in [6.07, 6.45) is 3.52. The van der Waals surface area contributed by atoms with Gasteiger partial charge < -0.3 is 19.9 Å². The van der Waals surface area contributed by atoms with Gasteiger partial charge in [0.2, 0.25) is 11.8 Å². The Morgan fingerprint density at radius 1 is 1.17 bits per heavy atom. The number of hydrogen-bond acceptors (Lipinski definition) is 4. The van der Waals surface area contributed by atoms with Crippen LogP contribution in [0.1, 0.15) is 38.2 Å². The molecular weight excluding hydrogens is 370 g/mol. The third-order valence-electron chi connectivity index (χ3n) is 6.29. The van der Waals surface area contributed by atoms with Crippen LogP contribution in [0.3, 0.4) is 0 Å². The molecule has 29 heavy (non-hydrogen) atoms. The number of alkyl carbamates (subject to hydrolysis) is 1. The molecule has 0 bridgehead atoms. The number of methoxy groups -OCH3 is 1. The van der Waals surface area contributed by atoms with E-state index < -0.39 is 12.1 Å². The lowest BCUT2D eigenvalue weighted by molar-refractivity contribution is -0.143. The van der Waals surface area contributed by atoms with E-state index in [1.165, 1.54) is 12.7 Å². The first kappa shape index (κ1) is 21.1. The fraction of sp³-hybridized carbons (Fsp3) is 0.591. The summed E-state index contributed by atoms with van der Waals surface area (Å²) in [5.74, 6) is 0.152. The molecule has 2 fully saturated rings. The Morgan fingerprint density at radius 3 is 2.52 bits per heavy atom. The van der Waals surface area contributed by atoms with E-state index in [0.29, 0.717) is 19.5 Å². The molecule has 2 aliphatic rings. The van der Waals surface area contributed by atoms with Crippen LogP contribution in [0.15, 0.2) is 30.3 Å². The second-order valence-corrected chi connectivity index (χ2v) is 8.23. The van der Waals surface area contributed by atoms with Gasteiger partial charge in [-0.3, -0.25) is 9.59 Å². The minimum absolute atomic E-state index is 0.0851. The van der Waals surface area contributed by atoms with E-state index in [2.05, 4.69) is 22.2 Å². The average Bonchev–Trinajstić information content (AvgIpc) is 2.75. The smallest absolute Gasteiger partial charge is 0.407 e. The summed E-state index contributed by atoms with van der Waals surface area (Å²) < 4.78 is 4.57. The Balaban J connectivity index is 1.53. The highest BCUT2D eigenvalue weighted by molar-refractivity contribution is 5.85. The van der Waals surface area contributed by atoms with Gasteiger partial charge in [0, 0.05) is 32.6 Å². The van der Waals surface area contributed by atoms with Crippen LogP contribution in [0, 0.1) is 5.41 Å². The fourth-order valence-corrected chi connectivity index (χ4v) is 4.40. The zero-order valence-electron chi connectivity index (χ0n) is 17.4. The number of carbonyl (C=O) groups is 3. The normalized spacial score (nSPS) is 19.7. The number of piperidine rings is 2. The fourth-order valence-electron chi connectivity index (χ4n) is 4.40. The van der Waals surface area contributed by atoms with E-state index in [0.717, 1.165) is 38.8 Å². The van der Waals surface area contributed by atoms with Gasteiger partial charge in [0.05, 0.1) is 7.11 Å². The molecule has 0 aromatic heterocycles. The van der Waals surface area contributed by atoms with Crippen molar-refractivity contribution < 1.29 is 19.1 Å². The predicted molar refractivity (Wildman–Crippen MR) is 109 cm³/mol. The molecule has 158 valence electrons. The van der Waals surface area contributed by atoms with E-state index >= 15 is 0 Å². The number of amides is 3. The van der Waals surface area contributed by atoms with E-state index in [4.69, 9.17) is 0 Å². The number of nitrogens with one attached hydrogen (secondary N) is 1. The van der Waals surface area contributed by atoms with Gasteiger partial charge in [-0.1, -0.05) is 30.3 Å². The molecule has 7 heteroatoms. The van der Waals surface area contributed by atoms with Crippen LogP contribution < -0.4 is 5.32 Å². The first-order chi connectivity index (χ1) is 13.9. The SMILES string of the molecule is COC(=O)N[C@H](C)C(=O)N1CCC2(CCC(=O)N(CCc3ccccc3)C2)CC1. The van der Waals surface area contributed by atoms with Crippen LogP contribution in [0.5, 0.6) is 0 Å². The van der Waals surface area contributed by atoms with Crippen LogP contribution in [0.4, 0.5) is 4.79 Å². The van der Waals surface area contributed by atoms with Crippen LogP contribution in [-0.2, 0) is 20.7 Å². The molecule has 0 unspecified atom stereocenters. The number of likely N-dealkylation sites (tertiary alicyclic amines) is 2. The summed E-state index contributed by atoms with van der Waals surface area (Å²) in [7, 11) is 1.28. The van der Waals surface area contributed by atoms with Gasteiger partial charge in [-0.15, -0.1) is 0 Å². The maximum atomic E-state index is 12.6. The van der Waals surface area contributed by atoms with Crippen LogP contribution in [-0.4, -0.2) is 67.0 Å². The zero-order valence-corrected chi connectivity index (χ0v) is 17.4. The molecule has 0 radical (unpaired) electrons. The highest BCUT2D eigenvalue weighted by atomic mass is 16.5. The first-order valence-corrected chi connectivity index (χ1v) is 10.4. The Kier molecular flexibility index (Phi) is 6.77. The number of ether oxygens (including phenoxy) is 1. The number of nitrogens with zero attached hydrogens (tertiary/aromatic N) is 2. The van der Waals surface area contributed by atoms with Gasteiger partial charge in [0.1, 0.15) is 6.04 Å². The Hall–Kier alpha value is -2.57. The number of carbonyl (C=O) groups excluding carboxylic acids is 3. The maximum absolute atomic E-state index is 12.6. The topological polar surface area (TPSA) is 79.0 Å². The van der Waals surface area contributed by atoms with Gasteiger partial charge in [0.25, 0.3) is 0 Å². The Bertz CT molecular complexity index is 729. The van der Waals surface area contributed by atoms with Gasteiger partial charge in [-0.2, -0.15) is 0 Å². The largest absolute Gasteiger partial charge is 0.453 e. The van der Waals surface area contributed by atoms with Gasteiger partial charge in [-0.25, -0.2) is 4.79 Å². The van der Waals surface area contributed by atoms with Crippen molar-refractivity contribution in [3.05, 3.63) is 35.9 Å². The van der Waals surface area contributed by atoms with Crippen molar-refractivity contribution in [2.75, 3.05) is 33.3 Å². The third-order valence-corrected chi connectivity index (χ3v) is 6.29. The van der Waals surface area contributed by atoms with Crippen LogP contribution in [0.2, 0.25) is 0 Å². The minimum atomic E-state index is -0.605. The lowest BCUT2D eigenvalue weighted by atomic mass is 9.72. The summed E-state index contributed by atoms with van der Waals surface area (Å²) in [6, 6.07) is 9.64. The predicted octanol–water partition coefficient (Wildman–Crippen LogP) is 2.20. The highest BCUT2D eigenvalue weighted by Crippen LogP contribution is 2.40. The Labute approximate surface area is 172 Å². The molecule has 1 atom stereocenters. The molecule has 2 aliphatic heterocycles. The summed E-state index contributed by atoms with van der Waals surface area (Å²) in [4.78, 5) is 40.2. The molecule has 0 aliphatic carbocycles. The molecule has 1 aromatic carbocycles. The lowest BCUT2D eigenvalue weighted by Gasteiger charge is -2.47. The van der Waals surface area contributed by atoms with Crippen molar-refractivity contribution >= 4 is 17.9 Å². The van der Waals surface area contributed by atoms with Gasteiger partial charge in [0.15, 0.2) is 0 Å². The number of benzene rings is 1. The van der Waals surface area contributed by atoms with Crippen molar-refractivity contribution in [1.82, 2.24) is 15.1 Å². The van der Waals surface area contributed by atoms with Crippen LogP contribution in [0.25, 0.3) is 0 Å². The summed E-state index contributed by atoms with van der Waals surface area (Å²) in [6.45, 7) is 4.51. The highest BCUT2D eigenvalue weighted by Gasteiger charge is 2.42. The number of rotatable bonds is 5. The minimum Gasteiger partial charge on any atom is -0.453 e. The third kappa shape index (κ3) is 5.28. The second-order valence-electron chi connectivity index (χ2n) is 8.23. The monoisotopic (exact) mass is 401 g/mol. The van der Waals surface area contributed by atoms with Crippen molar-refractivity contribution in [1.29, 1.82) is 0 Å². The molecule has 1 spiro atoms. The zero-order chi connectivity index (χ0) is 20.9. The van der Waals surface area contributed by atoms with E-state index in [1.54, 1.807) is 6.92 Å². The standard InChI is InChI=1S/C22H31N3O4/c1-17(23-21(28)29-2)20(27)24-14-11-22(12-15-24)10-8-19(26)25(16-22)13-9-18-6-4-3-5-7-18/h3-7,17H,8-16H2,1-2H3,(H,23,28)/t17-/m1/s1. The van der Waals surface area contributed by atoms with Crippen molar-refractivity contribution in [2.45, 2.75) is 45.1 Å². The Morgan fingerprint density at radius 2 is 1.86 bits per heavy atom. The molecule has 1 N–H and O–H groups in total. The maximum Gasteiger partial charge on any atom is 0.407 e. The van der Waals surface area contributed by atoms with E-state index in [9.17, 15) is 14.4 Å². The van der Waals surface area contributed by atoms with Gasteiger partial charge >= 0.3 is 6.09 Å². The molecule has 2 heterocycles. The summed E-state index contributed by atoms with van der Waals surface area (Å²) >= 11 is 0. The van der Waals surface area contributed by atoms with E-state index in [1.807, 2.05) is 28.0 Å². The van der Waals surface area contributed by atoms with Gasteiger partial charge in [-0.05, 0) is 43.6 Å². The molecule has 1 aromatic rings. The van der Waals surface area contributed by atoms with Crippen molar-refractivity contribution in [3.63, 3.8) is 0 Å². The van der Waals surface area contributed by atoms with E-state index in [-0.39, 0.29) is 17.2 Å². The number of hydrogen-bond donors (Lipinski definition) is 1. The van der Waals surface area contributed by atoms with Crippen LogP contribution >= 0.6 is 0 Å². The molecule has 3 amide bonds.